The maximum absolute atomic E-state index is 12.3. The number of hydrogen-bond acceptors (Lipinski definition) is 4. The van der Waals surface area contributed by atoms with E-state index in [2.05, 4.69) is 5.32 Å². The first kappa shape index (κ1) is 18.4. The number of benzene rings is 1. The molecule has 0 saturated carbocycles. The van der Waals surface area contributed by atoms with Crippen molar-refractivity contribution in [2.75, 3.05) is 40.0 Å². The average Bonchev–Trinajstić information content (AvgIpc) is 2.59. The van der Waals surface area contributed by atoms with Crippen molar-refractivity contribution in [3.63, 3.8) is 0 Å². The van der Waals surface area contributed by atoms with Gasteiger partial charge in [-0.3, -0.25) is 9.59 Å². The first-order chi connectivity index (χ1) is 11.6. The van der Waals surface area contributed by atoms with Gasteiger partial charge in [0.2, 0.25) is 5.91 Å². The van der Waals surface area contributed by atoms with Gasteiger partial charge < -0.3 is 19.7 Å². The Bertz CT molecular complexity index is 554. The van der Waals surface area contributed by atoms with Crippen LogP contribution in [-0.4, -0.2) is 62.8 Å². The highest BCUT2D eigenvalue weighted by molar-refractivity contribution is 5.94. The van der Waals surface area contributed by atoms with Crippen LogP contribution in [0.2, 0.25) is 0 Å². The van der Waals surface area contributed by atoms with Crippen LogP contribution in [-0.2, 0) is 14.3 Å². The van der Waals surface area contributed by atoms with Gasteiger partial charge in [-0.25, -0.2) is 0 Å². The molecule has 0 aliphatic carbocycles. The van der Waals surface area contributed by atoms with Crippen LogP contribution in [0, 0.1) is 6.92 Å². The molecule has 0 bridgehead atoms. The molecule has 0 atom stereocenters. The number of likely N-dealkylation sites (tertiary alicyclic amines) is 1. The van der Waals surface area contributed by atoms with E-state index in [4.69, 9.17) is 9.47 Å². The summed E-state index contributed by atoms with van der Waals surface area (Å²) in [6.45, 7) is 4.25. The fourth-order valence-corrected chi connectivity index (χ4v) is 2.72. The molecular formula is C18H26N2O4. The van der Waals surface area contributed by atoms with E-state index in [1.165, 1.54) is 0 Å². The van der Waals surface area contributed by atoms with Crippen LogP contribution in [0.4, 0.5) is 0 Å². The summed E-state index contributed by atoms with van der Waals surface area (Å²) in [5, 5.41) is 3.06. The molecule has 0 aromatic heterocycles. The van der Waals surface area contributed by atoms with Crippen LogP contribution in [0.3, 0.4) is 0 Å². The number of carbonyl (C=O) groups excluding carboxylic acids is 2. The van der Waals surface area contributed by atoms with E-state index in [0.29, 0.717) is 31.9 Å². The lowest BCUT2D eigenvalue weighted by molar-refractivity contribution is -0.137. The van der Waals surface area contributed by atoms with Crippen molar-refractivity contribution in [3.8, 4) is 0 Å². The normalized spacial score (nSPS) is 15.3. The van der Waals surface area contributed by atoms with E-state index in [9.17, 15) is 9.59 Å². The van der Waals surface area contributed by atoms with Crippen molar-refractivity contribution in [1.29, 1.82) is 0 Å². The summed E-state index contributed by atoms with van der Waals surface area (Å²) >= 11 is 0. The summed E-state index contributed by atoms with van der Waals surface area (Å²) in [4.78, 5) is 26.1. The molecule has 1 fully saturated rings. The SMILES string of the molecule is COCCOCC(=O)N1CCC(NC(=O)c2cccc(C)c2)CC1. The largest absolute Gasteiger partial charge is 0.382 e. The first-order valence-corrected chi connectivity index (χ1v) is 8.32. The molecule has 1 aromatic carbocycles. The van der Waals surface area contributed by atoms with Gasteiger partial charge in [-0.1, -0.05) is 17.7 Å². The summed E-state index contributed by atoms with van der Waals surface area (Å²) in [6.07, 6.45) is 1.53. The van der Waals surface area contributed by atoms with Gasteiger partial charge in [0.05, 0.1) is 13.2 Å². The third-order valence-electron chi connectivity index (χ3n) is 4.12. The van der Waals surface area contributed by atoms with Crippen molar-refractivity contribution in [2.24, 2.45) is 0 Å². The van der Waals surface area contributed by atoms with Gasteiger partial charge in [-0.05, 0) is 31.9 Å². The van der Waals surface area contributed by atoms with Gasteiger partial charge in [0, 0.05) is 31.8 Å². The van der Waals surface area contributed by atoms with Gasteiger partial charge in [0.1, 0.15) is 6.61 Å². The molecular weight excluding hydrogens is 308 g/mol. The molecule has 1 aromatic rings. The van der Waals surface area contributed by atoms with E-state index in [0.717, 1.165) is 18.4 Å². The minimum Gasteiger partial charge on any atom is -0.382 e. The standard InChI is InChI=1S/C18H26N2O4/c1-14-4-3-5-15(12-14)18(22)19-16-6-8-20(9-7-16)17(21)13-24-11-10-23-2/h3-5,12,16H,6-11,13H2,1-2H3,(H,19,22). The molecule has 2 amide bonds. The fourth-order valence-electron chi connectivity index (χ4n) is 2.72. The second-order valence-corrected chi connectivity index (χ2v) is 6.04. The molecule has 1 heterocycles. The van der Waals surface area contributed by atoms with Crippen LogP contribution in [0.25, 0.3) is 0 Å². The van der Waals surface area contributed by atoms with Crippen molar-refractivity contribution < 1.29 is 19.1 Å². The molecule has 1 aliphatic heterocycles. The van der Waals surface area contributed by atoms with E-state index in [1.807, 2.05) is 31.2 Å². The number of hydrogen-bond donors (Lipinski definition) is 1. The molecule has 132 valence electrons. The Kier molecular flexibility index (Phi) is 7.21. The van der Waals surface area contributed by atoms with Crippen molar-refractivity contribution in [1.82, 2.24) is 10.2 Å². The highest BCUT2D eigenvalue weighted by Crippen LogP contribution is 2.12. The third-order valence-corrected chi connectivity index (χ3v) is 4.12. The Balaban J connectivity index is 1.72. The van der Waals surface area contributed by atoms with Crippen molar-refractivity contribution in [3.05, 3.63) is 35.4 Å². The molecule has 6 nitrogen and oxygen atoms in total. The summed E-state index contributed by atoms with van der Waals surface area (Å²) in [5.74, 6) is -0.0547. The molecule has 1 aliphatic rings. The summed E-state index contributed by atoms with van der Waals surface area (Å²) in [6, 6.07) is 7.66. The monoisotopic (exact) mass is 334 g/mol. The Morgan fingerprint density at radius 1 is 1.25 bits per heavy atom. The van der Waals surface area contributed by atoms with Crippen LogP contribution in [0.15, 0.2) is 24.3 Å². The second-order valence-electron chi connectivity index (χ2n) is 6.04. The zero-order valence-corrected chi connectivity index (χ0v) is 14.4. The van der Waals surface area contributed by atoms with E-state index < -0.39 is 0 Å². The van der Waals surface area contributed by atoms with Gasteiger partial charge in [0.25, 0.3) is 5.91 Å². The zero-order chi connectivity index (χ0) is 17.4. The Morgan fingerprint density at radius 3 is 2.67 bits per heavy atom. The number of aryl methyl sites for hydroxylation is 1. The predicted molar refractivity (Wildman–Crippen MR) is 90.9 cm³/mol. The molecule has 24 heavy (non-hydrogen) atoms. The highest BCUT2D eigenvalue weighted by Gasteiger charge is 2.24. The maximum atomic E-state index is 12.3. The van der Waals surface area contributed by atoms with Crippen LogP contribution >= 0.6 is 0 Å². The van der Waals surface area contributed by atoms with Gasteiger partial charge in [0.15, 0.2) is 0 Å². The van der Waals surface area contributed by atoms with E-state index in [1.54, 1.807) is 12.0 Å². The average molecular weight is 334 g/mol. The Labute approximate surface area is 143 Å². The number of methoxy groups -OCH3 is 1. The summed E-state index contributed by atoms with van der Waals surface area (Å²) in [7, 11) is 1.60. The Morgan fingerprint density at radius 2 is 2.00 bits per heavy atom. The Hall–Kier alpha value is -1.92. The quantitative estimate of drug-likeness (QED) is 0.765. The maximum Gasteiger partial charge on any atom is 0.251 e. The van der Waals surface area contributed by atoms with Gasteiger partial charge in [-0.15, -0.1) is 0 Å². The van der Waals surface area contributed by atoms with E-state index in [-0.39, 0.29) is 24.5 Å². The molecule has 1 N–H and O–H groups in total. The molecule has 6 heteroatoms. The number of piperidine rings is 1. The second kappa shape index (κ2) is 9.39. The van der Waals surface area contributed by atoms with Crippen molar-refractivity contribution >= 4 is 11.8 Å². The molecule has 2 rings (SSSR count). The number of carbonyl (C=O) groups is 2. The van der Waals surface area contributed by atoms with Gasteiger partial charge in [-0.2, -0.15) is 0 Å². The zero-order valence-electron chi connectivity index (χ0n) is 14.4. The van der Waals surface area contributed by atoms with Gasteiger partial charge >= 0.3 is 0 Å². The first-order valence-electron chi connectivity index (χ1n) is 8.32. The topological polar surface area (TPSA) is 67.9 Å². The van der Waals surface area contributed by atoms with E-state index >= 15 is 0 Å². The lowest BCUT2D eigenvalue weighted by Gasteiger charge is -2.32. The minimum absolute atomic E-state index is 0.00503. The molecule has 1 saturated heterocycles. The number of rotatable bonds is 7. The summed E-state index contributed by atoms with van der Waals surface area (Å²) in [5.41, 5.74) is 1.75. The number of ether oxygens (including phenoxy) is 2. The predicted octanol–water partition coefficient (Wildman–Crippen LogP) is 1.38. The van der Waals surface area contributed by atoms with Crippen LogP contribution in [0.5, 0.6) is 0 Å². The molecule has 0 unspecified atom stereocenters. The lowest BCUT2D eigenvalue weighted by Crippen LogP contribution is -2.47. The number of nitrogens with zero attached hydrogens (tertiary/aromatic N) is 1. The third kappa shape index (κ3) is 5.62. The smallest absolute Gasteiger partial charge is 0.251 e. The number of nitrogens with one attached hydrogen (secondary N) is 1. The fraction of sp³-hybridized carbons (Fsp3) is 0.556. The molecule has 0 radical (unpaired) electrons. The minimum atomic E-state index is -0.0497. The van der Waals surface area contributed by atoms with Crippen LogP contribution in [0.1, 0.15) is 28.8 Å². The highest BCUT2D eigenvalue weighted by atomic mass is 16.5. The van der Waals surface area contributed by atoms with Crippen LogP contribution < -0.4 is 5.32 Å². The number of amides is 2. The molecule has 0 spiro atoms. The summed E-state index contributed by atoms with van der Waals surface area (Å²) < 4.78 is 10.1. The lowest BCUT2D eigenvalue weighted by atomic mass is 10.0. The van der Waals surface area contributed by atoms with Crippen molar-refractivity contribution in [2.45, 2.75) is 25.8 Å².